The van der Waals surface area contributed by atoms with E-state index in [0.29, 0.717) is 13.2 Å². The summed E-state index contributed by atoms with van der Waals surface area (Å²) < 4.78 is 25.2. The summed E-state index contributed by atoms with van der Waals surface area (Å²) in [5, 5.41) is 8.89. The molecule has 1 N–H and O–H groups in total. The van der Waals surface area contributed by atoms with Crippen molar-refractivity contribution >= 4 is 59.1 Å². The summed E-state index contributed by atoms with van der Waals surface area (Å²) >= 11 is 5.17. The lowest BCUT2D eigenvalue weighted by Crippen LogP contribution is -2.27. The Labute approximate surface area is 338 Å². The van der Waals surface area contributed by atoms with Crippen LogP contribution in [-0.4, -0.2) is 74.0 Å². The maximum atomic E-state index is 11.9. The number of rotatable bonds is 15. The summed E-state index contributed by atoms with van der Waals surface area (Å²) in [5.41, 5.74) is 7.05. The number of carbonyl (C=O) groups is 4. The summed E-state index contributed by atoms with van der Waals surface area (Å²) in [5.74, 6) is -0.851. The van der Waals surface area contributed by atoms with Crippen molar-refractivity contribution in [2.24, 2.45) is 0 Å². The van der Waals surface area contributed by atoms with Gasteiger partial charge in [0.15, 0.2) is 6.10 Å². The largest absolute Gasteiger partial charge is 0.496 e. The van der Waals surface area contributed by atoms with Crippen molar-refractivity contribution in [1.82, 2.24) is 0 Å². The molecule has 4 aromatic rings. The fourth-order valence-electron chi connectivity index (χ4n) is 4.53. The van der Waals surface area contributed by atoms with Crippen LogP contribution in [0.4, 0.5) is 0 Å². The lowest BCUT2D eigenvalue weighted by molar-refractivity contribution is -0.154. The van der Waals surface area contributed by atoms with E-state index in [1.54, 1.807) is 37.5 Å². The monoisotopic (exact) mass is 794 g/mol. The van der Waals surface area contributed by atoms with E-state index in [1.807, 2.05) is 105 Å². The first-order chi connectivity index (χ1) is 27.4. The summed E-state index contributed by atoms with van der Waals surface area (Å²) in [6, 6.07) is 30.4. The predicted molar refractivity (Wildman–Crippen MR) is 222 cm³/mol. The van der Waals surface area contributed by atoms with Crippen LogP contribution in [0.5, 0.6) is 5.75 Å². The highest BCUT2D eigenvalue weighted by Gasteiger charge is 2.23. The van der Waals surface area contributed by atoms with Crippen molar-refractivity contribution in [3.63, 3.8) is 0 Å². The van der Waals surface area contributed by atoms with Crippen LogP contribution in [0.3, 0.4) is 0 Å². The molecule has 1 heterocycles. The third-order valence-electron chi connectivity index (χ3n) is 7.92. The highest BCUT2D eigenvalue weighted by atomic mass is 35.5. The second-order valence-electron chi connectivity index (χ2n) is 12.5. The minimum Gasteiger partial charge on any atom is -0.496 e. The van der Waals surface area contributed by atoms with E-state index in [2.05, 4.69) is 6.92 Å². The summed E-state index contributed by atoms with van der Waals surface area (Å²) in [6.07, 6.45) is 11.1. The highest BCUT2D eigenvalue weighted by Crippen LogP contribution is 2.20. The number of aryl methyl sites for hydroxylation is 3. The van der Waals surface area contributed by atoms with E-state index in [1.165, 1.54) is 35.4 Å². The number of benzene rings is 4. The molecule has 298 valence electrons. The molecule has 1 aliphatic rings. The number of methoxy groups -OCH3 is 1. The molecule has 2 unspecified atom stereocenters. The number of ether oxygens (including phenoxy) is 5. The average molecular weight is 795 g/mol. The molecule has 0 aliphatic carbocycles. The SMILES string of the molecule is COc1cc(/C=C/C(=O)OCC(CO)OC(=O)/C=C/c2ccccc2)ccc1C.Cc1ccc(/C=C/C(=O)Cl)cc1C.O=C(/C=C/c1ccccc1)OCC1CO1. The van der Waals surface area contributed by atoms with Crippen molar-refractivity contribution in [1.29, 1.82) is 0 Å². The van der Waals surface area contributed by atoms with Crippen LogP contribution in [0.25, 0.3) is 24.3 Å². The average Bonchev–Trinajstić information content (AvgIpc) is 4.06. The summed E-state index contributed by atoms with van der Waals surface area (Å²) in [7, 11) is 1.58. The van der Waals surface area contributed by atoms with Crippen molar-refractivity contribution in [3.8, 4) is 5.75 Å². The van der Waals surface area contributed by atoms with Crippen LogP contribution in [-0.2, 0) is 38.1 Å². The molecule has 2 atom stereocenters. The Morgan fingerprint density at radius 2 is 1.19 bits per heavy atom. The fourth-order valence-corrected chi connectivity index (χ4v) is 4.59. The topological polar surface area (TPSA) is 138 Å². The lowest BCUT2D eigenvalue weighted by atomic mass is 10.1. The predicted octanol–water partition coefficient (Wildman–Crippen LogP) is 7.90. The first kappa shape index (κ1) is 45.3. The van der Waals surface area contributed by atoms with E-state index < -0.39 is 29.9 Å². The van der Waals surface area contributed by atoms with E-state index in [9.17, 15) is 24.3 Å². The van der Waals surface area contributed by atoms with Gasteiger partial charge in [-0.15, -0.1) is 0 Å². The van der Waals surface area contributed by atoms with E-state index in [0.717, 1.165) is 33.6 Å². The first-order valence-corrected chi connectivity index (χ1v) is 18.3. The van der Waals surface area contributed by atoms with Gasteiger partial charge in [0.2, 0.25) is 5.24 Å². The van der Waals surface area contributed by atoms with Gasteiger partial charge < -0.3 is 28.8 Å². The smallest absolute Gasteiger partial charge is 0.331 e. The number of allylic oxidation sites excluding steroid dienone is 1. The molecule has 0 amide bonds. The van der Waals surface area contributed by atoms with Crippen LogP contribution in [0.1, 0.15) is 38.9 Å². The molecule has 1 fully saturated rings. The van der Waals surface area contributed by atoms with Crippen LogP contribution < -0.4 is 4.74 Å². The number of epoxide rings is 1. The van der Waals surface area contributed by atoms with E-state index >= 15 is 0 Å². The Hall–Kier alpha value is -6.07. The van der Waals surface area contributed by atoms with Gasteiger partial charge in [-0.1, -0.05) is 97.1 Å². The second-order valence-corrected chi connectivity index (χ2v) is 12.9. The number of halogens is 1. The third-order valence-corrected chi connectivity index (χ3v) is 8.04. The second kappa shape index (κ2) is 25.2. The molecule has 11 heteroatoms. The molecule has 1 saturated heterocycles. The van der Waals surface area contributed by atoms with Gasteiger partial charge >= 0.3 is 17.9 Å². The molecule has 0 radical (unpaired) electrons. The number of esters is 3. The van der Waals surface area contributed by atoms with Gasteiger partial charge in [-0.05, 0) is 102 Å². The zero-order valence-electron chi connectivity index (χ0n) is 32.3. The molecule has 0 spiro atoms. The van der Waals surface area contributed by atoms with Crippen LogP contribution >= 0.6 is 11.6 Å². The maximum absolute atomic E-state index is 11.9. The third kappa shape index (κ3) is 19.4. The van der Waals surface area contributed by atoms with Crippen molar-refractivity contribution in [2.75, 3.05) is 33.5 Å². The standard InChI is InChI=1S/C23H24O6.C12H12O3.C11H11ClO/c1-17-8-9-19(14-21(17)27-2)11-12-22(25)28-16-20(15-24)29-23(26)13-10-18-6-4-3-5-7-18;13-12(15-9-11-8-14-11)7-6-10-4-2-1-3-5-10;1-8-3-4-10(7-9(8)2)5-6-11(12)13/h3-14,20,24H,15-16H2,1-2H3;1-7,11H,8-9H2;3-7H,1-2H3/b12-11+,13-10+;7-6+;6-5+. The molecule has 57 heavy (non-hydrogen) atoms. The van der Waals surface area contributed by atoms with Gasteiger partial charge in [0.1, 0.15) is 25.1 Å². The van der Waals surface area contributed by atoms with Crippen molar-refractivity contribution in [2.45, 2.75) is 33.0 Å². The lowest BCUT2D eigenvalue weighted by Gasteiger charge is -2.13. The molecular weight excluding hydrogens is 748 g/mol. The molecule has 5 rings (SSSR count). The number of aliphatic hydroxyl groups is 1. The number of hydrogen-bond donors (Lipinski definition) is 1. The zero-order chi connectivity index (χ0) is 41.4. The Bertz CT molecular complexity index is 2020. The summed E-state index contributed by atoms with van der Waals surface area (Å²) in [4.78, 5) is 45.4. The Kier molecular flexibility index (Phi) is 20.0. The molecule has 0 aromatic heterocycles. The Balaban J connectivity index is 0.000000258. The highest BCUT2D eigenvalue weighted by molar-refractivity contribution is 6.66. The molecule has 0 bridgehead atoms. The fraction of sp³-hybridized carbons (Fsp3) is 0.217. The van der Waals surface area contributed by atoms with Crippen LogP contribution in [0.2, 0.25) is 0 Å². The van der Waals surface area contributed by atoms with Gasteiger partial charge in [0.05, 0.1) is 20.3 Å². The maximum Gasteiger partial charge on any atom is 0.331 e. The van der Waals surface area contributed by atoms with Crippen LogP contribution in [0, 0.1) is 20.8 Å². The van der Waals surface area contributed by atoms with E-state index in [-0.39, 0.29) is 18.7 Å². The molecule has 1 aliphatic heterocycles. The van der Waals surface area contributed by atoms with Gasteiger partial charge in [0, 0.05) is 18.2 Å². The van der Waals surface area contributed by atoms with E-state index in [4.69, 9.17) is 35.3 Å². The molecular formula is C46H47ClO10. The van der Waals surface area contributed by atoms with Gasteiger partial charge in [-0.2, -0.15) is 0 Å². The Morgan fingerprint density at radius 3 is 1.72 bits per heavy atom. The van der Waals surface area contributed by atoms with Crippen molar-refractivity contribution in [3.05, 3.63) is 160 Å². The molecule has 10 nitrogen and oxygen atoms in total. The summed E-state index contributed by atoms with van der Waals surface area (Å²) in [6.45, 7) is 6.36. The first-order valence-electron chi connectivity index (χ1n) is 18.0. The number of carbonyl (C=O) groups excluding carboxylic acids is 4. The van der Waals surface area contributed by atoms with Crippen molar-refractivity contribution < 1.29 is 48.0 Å². The van der Waals surface area contributed by atoms with Gasteiger partial charge in [-0.25, -0.2) is 14.4 Å². The van der Waals surface area contributed by atoms with Crippen LogP contribution in [0.15, 0.2) is 121 Å². The number of hydrogen-bond acceptors (Lipinski definition) is 10. The normalized spacial score (nSPS) is 13.6. The Morgan fingerprint density at radius 1 is 0.684 bits per heavy atom. The minimum atomic E-state index is -0.945. The molecule has 0 saturated carbocycles. The molecule has 4 aromatic carbocycles. The van der Waals surface area contributed by atoms with Gasteiger partial charge in [0.25, 0.3) is 0 Å². The quantitative estimate of drug-likeness (QED) is 0.0416. The zero-order valence-corrected chi connectivity index (χ0v) is 33.1. The number of aliphatic hydroxyl groups excluding tert-OH is 1. The van der Waals surface area contributed by atoms with Gasteiger partial charge in [-0.3, -0.25) is 4.79 Å². The minimum absolute atomic E-state index is 0.124.